The Bertz CT molecular complexity index is 787. The van der Waals surface area contributed by atoms with Crippen LogP contribution < -0.4 is 4.90 Å². The molecule has 1 aliphatic heterocycles. The van der Waals surface area contributed by atoms with E-state index in [4.69, 9.17) is 12.2 Å². The molecule has 3 rings (SSSR count). The first kappa shape index (κ1) is 14.9. The van der Waals surface area contributed by atoms with E-state index in [-0.39, 0.29) is 21.7 Å². The van der Waals surface area contributed by atoms with E-state index in [9.17, 15) is 13.6 Å². The third kappa shape index (κ3) is 2.80. The predicted molar refractivity (Wildman–Crippen MR) is 88.5 cm³/mol. The number of amides is 1. The number of thioether (sulfide) groups is 1. The first-order valence-electron chi connectivity index (χ1n) is 6.34. The molecule has 2 nitrogen and oxygen atoms in total. The van der Waals surface area contributed by atoms with Crippen LogP contribution in [0.25, 0.3) is 6.08 Å². The van der Waals surface area contributed by atoms with E-state index in [1.165, 1.54) is 29.2 Å². The van der Waals surface area contributed by atoms with Crippen LogP contribution in [0.4, 0.5) is 14.5 Å². The number of hydrogen-bond acceptors (Lipinski definition) is 3. The van der Waals surface area contributed by atoms with Crippen LogP contribution in [0.2, 0.25) is 0 Å². The van der Waals surface area contributed by atoms with E-state index in [0.29, 0.717) is 10.5 Å². The van der Waals surface area contributed by atoms with Gasteiger partial charge in [0.15, 0.2) is 4.32 Å². The minimum atomic E-state index is -0.512. The van der Waals surface area contributed by atoms with Crippen LogP contribution in [0.1, 0.15) is 5.56 Å². The second-order valence-corrected chi connectivity index (χ2v) is 6.20. The number of para-hydroxylation sites is 1. The summed E-state index contributed by atoms with van der Waals surface area (Å²) in [6.07, 6.45) is 1.61. The van der Waals surface area contributed by atoms with Gasteiger partial charge in [0.1, 0.15) is 11.6 Å². The molecule has 0 aromatic heterocycles. The Balaban J connectivity index is 1.95. The molecule has 2 aromatic carbocycles. The van der Waals surface area contributed by atoms with Crippen LogP contribution in [0.3, 0.4) is 0 Å². The lowest BCUT2D eigenvalue weighted by molar-refractivity contribution is -0.113. The summed E-state index contributed by atoms with van der Waals surface area (Å²) < 4.78 is 27.0. The van der Waals surface area contributed by atoms with Crippen LogP contribution in [0.15, 0.2) is 53.4 Å². The quantitative estimate of drug-likeness (QED) is 0.601. The predicted octanol–water partition coefficient (Wildman–Crippen LogP) is 4.37. The normalized spacial score (nSPS) is 16.6. The number of nitrogens with zero attached hydrogens (tertiary/aromatic N) is 1. The fraction of sp³-hybridized carbons (Fsp3) is 0. The Morgan fingerprint density at radius 1 is 1.05 bits per heavy atom. The Labute approximate surface area is 135 Å². The van der Waals surface area contributed by atoms with Gasteiger partial charge in [0.2, 0.25) is 0 Å². The summed E-state index contributed by atoms with van der Waals surface area (Å²) >= 11 is 6.27. The molecule has 6 heteroatoms. The molecule has 1 amide bonds. The highest BCUT2D eigenvalue weighted by Gasteiger charge is 2.34. The summed E-state index contributed by atoms with van der Waals surface area (Å²) in [6, 6.07) is 11.7. The van der Waals surface area contributed by atoms with Crippen molar-refractivity contribution < 1.29 is 13.6 Å². The molecule has 0 unspecified atom stereocenters. The topological polar surface area (TPSA) is 20.3 Å². The highest BCUT2D eigenvalue weighted by Crippen LogP contribution is 2.36. The summed E-state index contributed by atoms with van der Waals surface area (Å²) in [7, 11) is 0. The molecule has 0 N–H and O–H groups in total. The van der Waals surface area contributed by atoms with Gasteiger partial charge in [-0.25, -0.2) is 8.78 Å². The van der Waals surface area contributed by atoms with Crippen LogP contribution >= 0.6 is 24.0 Å². The van der Waals surface area contributed by atoms with E-state index in [0.717, 1.165) is 11.8 Å². The molecule has 2 aromatic rings. The molecule has 110 valence electrons. The van der Waals surface area contributed by atoms with Gasteiger partial charge in [-0.2, -0.15) is 0 Å². The van der Waals surface area contributed by atoms with E-state index in [2.05, 4.69) is 0 Å². The number of carbonyl (C=O) groups excluding carboxylic acids is 1. The van der Waals surface area contributed by atoms with E-state index in [1.807, 2.05) is 0 Å². The van der Waals surface area contributed by atoms with Gasteiger partial charge in [-0.15, -0.1) is 0 Å². The molecule has 0 aliphatic carbocycles. The summed E-state index contributed by atoms with van der Waals surface area (Å²) in [5.41, 5.74) is 0.808. The number of benzene rings is 2. The van der Waals surface area contributed by atoms with Crippen molar-refractivity contribution in [1.82, 2.24) is 0 Å². The fourth-order valence-electron chi connectivity index (χ4n) is 2.02. The minimum Gasteiger partial charge on any atom is -0.268 e. The van der Waals surface area contributed by atoms with Crippen LogP contribution in [0.5, 0.6) is 0 Å². The molecule has 1 aliphatic rings. The molecular formula is C16H9F2NOS2. The average Bonchev–Trinajstić information content (AvgIpc) is 2.77. The third-order valence-corrected chi connectivity index (χ3v) is 4.36. The second kappa shape index (κ2) is 5.98. The molecule has 1 saturated heterocycles. The lowest BCUT2D eigenvalue weighted by Crippen LogP contribution is -2.28. The van der Waals surface area contributed by atoms with Gasteiger partial charge in [0.05, 0.1) is 10.6 Å². The summed E-state index contributed by atoms with van der Waals surface area (Å²) in [5.74, 6) is -1.25. The van der Waals surface area contributed by atoms with Gasteiger partial charge >= 0.3 is 0 Å². The van der Waals surface area contributed by atoms with Crippen molar-refractivity contribution in [3.05, 3.63) is 70.6 Å². The number of halogens is 2. The molecular weight excluding hydrogens is 324 g/mol. The second-order valence-electron chi connectivity index (χ2n) is 4.52. The zero-order chi connectivity index (χ0) is 15.7. The Morgan fingerprint density at radius 3 is 2.41 bits per heavy atom. The zero-order valence-corrected chi connectivity index (χ0v) is 12.8. The maximum atomic E-state index is 13.9. The SMILES string of the molecule is O=C1/C(=C/c2ccc(F)cc2)SC(=S)N1c1ccccc1F. The van der Waals surface area contributed by atoms with E-state index in [1.54, 1.807) is 30.3 Å². The lowest BCUT2D eigenvalue weighted by atomic mass is 10.2. The number of carbonyl (C=O) groups is 1. The fourth-order valence-corrected chi connectivity index (χ4v) is 3.30. The first-order valence-corrected chi connectivity index (χ1v) is 7.57. The monoisotopic (exact) mass is 333 g/mol. The number of anilines is 1. The van der Waals surface area contributed by atoms with Crippen LogP contribution in [-0.4, -0.2) is 10.2 Å². The molecule has 0 atom stereocenters. The Morgan fingerprint density at radius 2 is 1.73 bits per heavy atom. The van der Waals surface area contributed by atoms with E-state index >= 15 is 0 Å². The maximum absolute atomic E-state index is 13.9. The van der Waals surface area contributed by atoms with Gasteiger partial charge in [0.25, 0.3) is 5.91 Å². The molecule has 0 spiro atoms. The molecule has 0 bridgehead atoms. The first-order chi connectivity index (χ1) is 10.6. The molecule has 0 radical (unpaired) electrons. The van der Waals surface area contributed by atoms with Crippen LogP contribution in [-0.2, 0) is 4.79 Å². The van der Waals surface area contributed by atoms with Gasteiger partial charge in [-0.3, -0.25) is 9.69 Å². The number of rotatable bonds is 2. The van der Waals surface area contributed by atoms with Gasteiger partial charge < -0.3 is 0 Å². The number of thiocarbonyl (C=S) groups is 1. The van der Waals surface area contributed by atoms with Gasteiger partial charge in [-0.05, 0) is 35.9 Å². The van der Waals surface area contributed by atoms with Crippen molar-refractivity contribution >= 4 is 46.0 Å². The number of hydrogen-bond donors (Lipinski definition) is 0. The average molecular weight is 333 g/mol. The van der Waals surface area contributed by atoms with Crippen molar-refractivity contribution in [3.63, 3.8) is 0 Å². The Kier molecular flexibility index (Phi) is 4.04. The summed E-state index contributed by atoms with van der Waals surface area (Å²) in [4.78, 5) is 14.0. The highest BCUT2D eigenvalue weighted by molar-refractivity contribution is 8.27. The van der Waals surface area contributed by atoms with Crippen LogP contribution in [0, 0.1) is 11.6 Å². The smallest absolute Gasteiger partial charge is 0.268 e. The van der Waals surface area contributed by atoms with Gasteiger partial charge in [-0.1, -0.05) is 48.2 Å². The largest absolute Gasteiger partial charge is 0.270 e. The molecule has 1 fully saturated rings. The zero-order valence-electron chi connectivity index (χ0n) is 11.1. The van der Waals surface area contributed by atoms with E-state index < -0.39 is 5.82 Å². The molecule has 1 heterocycles. The molecule has 22 heavy (non-hydrogen) atoms. The van der Waals surface area contributed by atoms with Crippen molar-refractivity contribution in [2.75, 3.05) is 4.90 Å². The third-order valence-electron chi connectivity index (χ3n) is 3.05. The Hall–Kier alpha value is -2.05. The van der Waals surface area contributed by atoms with Crippen molar-refractivity contribution in [2.24, 2.45) is 0 Å². The summed E-state index contributed by atoms with van der Waals surface area (Å²) in [5, 5.41) is 0. The minimum absolute atomic E-state index is 0.132. The maximum Gasteiger partial charge on any atom is 0.270 e. The van der Waals surface area contributed by atoms with Gasteiger partial charge in [0, 0.05) is 0 Å². The standard InChI is InChI=1S/C16H9F2NOS2/c17-11-7-5-10(6-8-11)9-14-15(20)19(16(21)22-14)13-4-2-1-3-12(13)18/h1-9H/b14-9-. The van der Waals surface area contributed by atoms with Crippen molar-refractivity contribution in [1.29, 1.82) is 0 Å². The lowest BCUT2D eigenvalue weighted by Gasteiger charge is -2.14. The summed E-state index contributed by atoms with van der Waals surface area (Å²) in [6.45, 7) is 0. The molecule has 0 saturated carbocycles. The van der Waals surface area contributed by atoms with Crippen molar-refractivity contribution in [2.45, 2.75) is 0 Å². The van der Waals surface area contributed by atoms with Crippen molar-refractivity contribution in [3.8, 4) is 0 Å². The highest BCUT2D eigenvalue weighted by atomic mass is 32.2.